The third-order valence-corrected chi connectivity index (χ3v) is 5.01. The molecule has 2 aliphatic carbocycles. The molecule has 0 bridgehead atoms. The van der Waals surface area contributed by atoms with Gasteiger partial charge < -0.3 is 10.4 Å². The number of nitrogens with one attached hydrogen (secondary N) is 1. The van der Waals surface area contributed by atoms with E-state index in [1.807, 2.05) is 0 Å². The lowest BCUT2D eigenvalue weighted by molar-refractivity contribution is 0.127. The molecule has 2 aliphatic rings. The van der Waals surface area contributed by atoms with Crippen LogP contribution in [0.25, 0.3) is 0 Å². The van der Waals surface area contributed by atoms with Crippen LogP contribution >= 0.6 is 0 Å². The predicted molar refractivity (Wildman–Crippen MR) is 72.0 cm³/mol. The standard InChI is InChI=1S/C15H29NO/c1-2-12-7-3-5-9-14(12)16-15-10-6-4-8-13(15)11-17/h12-17H,2-11H2,1H3. The van der Waals surface area contributed by atoms with E-state index < -0.39 is 0 Å². The van der Waals surface area contributed by atoms with Gasteiger partial charge in [-0.1, -0.05) is 39.0 Å². The molecule has 0 spiro atoms. The van der Waals surface area contributed by atoms with Crippen LogP contribution in [0.3, 0.4) is 0 Å². The maximum atomic E-state index is 9.47. The van der Waals surface area contributed by atoms with Gasteiger partial charge in [0.1, 0.15) is 0 Å². The molecule has 2 nitrogen and oxygen atoms in total. The Morgan fingerprint density at radius 1 is 0.882 bits per heavy atom. The largest absolute Gasteiger partial charge is 0.396 e. The van der Waals surface area contributed by atoms with Crippen molar-refractivity contribution in [2.24, 2.45) is 11.8 Å². The summed E-state index contributed by atoms with van der Waals surface area (Å²) >= 11 is 0. The Morgan fingerprint density at radius 2 is 1.41 bits per heavy atom. The molecule has 2 heteroatoms. The maximum absolute atomic E-state index is 9.47. The molecule has 2 saturated carbocycles. The Labute approximate surface area is 106 Å². The molecule has 0 aromatic heterocycles. The molecular weight excluding hydrogens is 210 g/mol. The van der Waals surface area contributed by atoms with Crippen LogP contribution in [0, 0.1) is 11.8 Å². The summed E-state index contributed by atoms with van der Waals surface area (Å²) in [5.41, 5.74) is 0. The SMILES string of the molecule is CCC1CCCCC1NC1CCCCC1CO. The Bertz CT molecular complexity index is 197. The van der Waals surface area contributed by atoms with E-state index in [-0.39, 0.29) is 0 Å². The van der Waals surface area contributed by atoms with Crippen LogP contribution in [-0.4, -0.2) is 23.8 Å². The Morgan fingerprint density at radius 3 is 2.00 bits per heavy atom. The highest BCUT2D eigenvalue weighted by atomic mass is 16.3. The Hall–Kier alpha value is -0.0800. The molecule has 0 aliphatic heterocycles. The topological polar surface area (TPSA) is 32.3 Å². The summed E-state index contributed by atoms with van der Waals surface area (Å²) in [4.78, 5) is 0. The van der Waals surface area contributed by atoms with Crippen molar-refractivity contribution < 1.29 is 5.11 Å². The molecule has 100 valence electrons. The van der Waals surface area contributed by atoms with Crippen molar-refractivity contribution in [3.8, 4) is 0 Å². The highest BCUT2D eigenvalue weighted by molar-refractivity contribution is 4.87. The first kappa shape index (κ1) is 13.4. The second-order valence-corrected chi connectivity index (χ2v) is 6.06. The summed E-state index contributed by atoms with van der Waals surface area (Å²) in [5.74, 6) is 1.40. The lowest BCUT2D eigenvalue weighted by Gasteiger charge is -2.39. The van der Waals surface area contributed by atoms with Crippen LogP contribution in [0.4, 0.5) is 0 Å². The van der Waals surface area contributed by atoms with Crippen molar-refractivity contribution in [1.82, 2.24) is 5.32 Å². The second-order valence-electron chi connectivity index (χ2n) is 6.06. The third kappa shape index (κ3) is 3.45. The van der Waals surface area contributed by atoms with Crippen LogP contribution in [0.15, 0.2) is 0 Å². The van der Waals surface area contributed by atoms with E-state index in [2.05, 4.69) is 12.2 Å². The van der Waals surface area contributed by atoms with E-state index in [1.54, 1.807) is 0 Å². The molecule has 0 heterocycles. The number of hydrogen-bond donors (Lipinski definition) is 2. The van der Waals surface area contributed by atoms with Crippen molar-refractivity contribution in [3.63, 3.8) is 0 Å². The average Bonchev–Trinajstić information content (AvgIpc) is 2.40. The lowest BCUT2D eigenvalue weighted by atomic mass is 9.79. The molecule has 0 saturated heterocycles. The van der Waals surface area contributed by atoms with E-state index in [9.17, 15) is 5.11 Å². The van der Waals surface area contributed by atoms with E-state index in [1.165, 1.54) is 57.8 Å². The smallest absolute Gasteiger partial charge is 0.0474 e. The van der Waals surface area contributed by atoms with Gasteiger partial charge in [0, 0.05) is 18.7 Å². The van der Waals surface area contributed by atoms with Gasteiger partial charge in [-0.25, -0.2) is 0 Å². The van der Waals surface area contributed by atoms with E-state index in [0.717, 1.165) is 12.0 Å². The summed E-state index contributed by atoms with van der Waals surface area (Å²) < 4.78 is 0. The molecule has 4 unspecified atom stereocenters. The molecule has 0 aromatic rings. The van der Waals surface area contributed by atoms with Crippen molar-refractivity contribution in [2.45, 2.75) is 76.8 Å². The summed E-state index contributed by atoms with van der Waals surface area (Å²) in [6.07, 6.45) is 12.0. The molecule has 2 fully saturated rings. The zero-order chi connectivity index (χ0) is 12.1. The maximum Gasteiger partial charge on any atom is 0.0474 e. The van der Waals surface area contributed by atoms with Crippen LogP contribution in [-0.2, 0) is 0 Å². The molecule has 17 heavy (non-hydrogen) atoms. The zero-order valence-corrected chi connectivity index (χ0v) is 11.3. The van der Waals surface area contributed by atoms with Crippen molar-refractivity contribution >= 4 is 0 Å². The number of aliphatic hydroxyl groups excluding tert-OH is 1. The van der Waals surface area contributed by atoms with Gasteiger partial charge in [0.25, 0.3) is 0 Å². The minimum Gasteiger partial charge on any atom is -0.396 e. The van der Waals surface area contributed by atoms with Crippen molar-refractivity contribution in [2.75, 3.05) is 6.61 Å². The molecule has 0 radical (unpaired) electrons. The lowest BCUT2D eigenvalue weighted by Crippen LogP contribution is -2.49. The molecular formula is C15H29NO. The summed E-state index contributed by atoms with van der Waals surface area (Å²) in [6, 6.07) is 1.32. The number of hydrogen-bond acceptors (Lipinski definition) is 2. The van der Waals surface area contributed by atoms with Crippen LogP contribution in [0.1, 0.15) is 64.7 Å². The number of rotatable bonds is 4. The monoisotopic (exact) mass is 239 g/mol. The second kappa shape index (κ2) is 6.75. The highest BCUT2D eigenvalue weighted by Gasteiger charge is 2.30. The summed E-state index contributed by atoms with van der Waals surface area (Å²) in [6.45, 7) is 2.70. The summed E-state index contributed by atoms with van der Waals surface area (Å²) in [5, 5.41) is 13.4. The van der Waals surface area contributed by atoms with Gasteiger partial charge in [0.05, 0.1) is 0 Å². The summed E-state index contributed by atoms with van der Waals surface area (Å²) in [7, 11) is 0. The minimum atomic E-state index is 0.376. The van der Waals surface area contributed by atoms with E-state index >= 15 is 0 Å². The van der Waals surface area contributed by atoms with Crippen LogP contribution < -0.4 is 5.32 Å². The van der Waals surface area contributed by atoms with Crippen LogP contribution in [0.5, 0.6) is 0 Å². The molecule has 4 atom stereocenters. The third-order valence-electron chi connectivity index (χ3n) is 5.01. The quantitative estimate of drug-likeness (QED) is 0.790. The van der Waals surface area contributed by atoms with Gasteiger partial charge >= 0.3 is 0 Å². The van der Waals surface area contributed by atoms with Crippen LogP contribution in [0.2, 0.25) is 0 Å². The first-order valence-corrected chi connectivity index (χ1v) is 7.72. The molecule has 2 N–H and O–H groups in total. The number of aliphatic hydroxyl groups is 1. The van der Waals surface area contributed by atoms with Gasteiger partial charge in [-0.2, -0.15) is 0 Å². The fourth-order valence-corrected chi connectivity index (χ4v) is 3.84. The Balaban J connectivity index is 1.88. The van der Waals surface area contributed by atoms with Gasteiger partial charge in [-0.05, 0) is 37.5 Å². The van der Waals surface area contributed by atoms with Gasteiger partial charge in [0.15, 0.2) is 0 Å². The Kier molecular flexibility index (Phi) is 5.30. The highest BCUT2D eigenvalue weighted by Crippen LogP contribution is 2.30. The zero-order valence-electron chi connectivity index (χ0n) is 11.3. The van der Waals surface area contributed by atoms with Gasteiger partial charge in [-0.3, -0.25) is 0 Å². The van der Waals surface area contributed by atoms with E-state index in [4.69, 9.17) is 0 Å². The molecule has 0 amide bonds. The van der Waals surface area contributed by atoms with Crippen molar-refractivity contribution in [3.05, 3.63) is 0 Å². The molecule has 0 aromatic carbocycles. The average molecular weight is 239 g/mol. The minimum absolute atomic E-state index is 0.376. The normalized spacial score (nSPS) is 39.2. The first-order valence-electron chi connectivity index (χ1n) is 7.72. The first-order chi connectivity index (χ1) is 8.35. The van der Waals surface area contributed by atoms with Crippen molar-refractivity contribution in [1.29, 1.82) is 0 Å². The van der Waals surface area contributed by atoms with E-state index in [0.29, 0.717) is 18.6 Å². The molecule has 2 rings (SSSR count). The predicted octanol–water partition coefficient (Wildman–Crippen LogP) is 3.10. The van der Waals surface area contributed by atoms with Gasteiger partial charge in [-0.15, -0.1) is 0 Å². The fourth-order valence-electron chi connectivity index (χ4n) is 3.84. The fraction of sp³-hybridized carbons (Fsp3) is 1.00. The van der Waals surface area contributed by atoms with Gasteiger partial charge in [0.2, 0.25) is 0 Å².